The van der Waals surface area contributed by atoms with Crippen molar-refractivity contribution >= 4 is 28.4 Å². The Kier molecular flexibility index (Phi) is 24.7. The maximum Gasteiger partial charge on any atom is 0.148 e. The topological polar surface area (TPSA) is 61.9 Å². The summed E-state index contributed by atoms with van der Waals surface area (Å²) in [7, 11) is 1.64. The first kappa shape index (κ1) is 43.9. The largest absolute Gasteiger partial charge is 0.494 e. The third-order valence-corrected chi connectivity index (χ3v) is 10.3. The quantitative estimate of drug-likeness (QED) is 0.0475. The van der Waals surface area contributed by atoms with E-state index in [0.717, 1.165) is 24.5 Å². The van der Waals surface area contributed by atoms with Gasteiger partial charge < -0.3 is 9.64 Å². The molecule has 0 atom stereocenters. The number of benzene rings is 3. The molecule has 6 heteroatoms. The maximum absolute atomic E-state index is 5.58. The van der Waals surface area contributed by atoms with Crippen molar-refractivity contribution in [2.75, 3.05) is 25.1 Å². The standard InChI is InChI=1S/C47H73N5O/c1-4-6-8-10-12-14-16-18-20-22-24-29-39-52(40-30-25-23-21-19-17-15-13-11-9-7-5-2)45-36-33-43(34-37-45)48-50-44-35-38-46(47(41-44)53-3)51-49-42-31-27-26-28-32-42/h26-28,31-38,41H,4-25,29-30,39-40H2,1-3H3. The molecule has 0 aliphatic heterocycles. The predicted octanol–water partition coefficient (Wildman–Crippen LogP) is 16.7. The Morgan fingerprint density at radius 3 is 1.28 bits per heavy atom. The van der Waals surface area contributed by atoms with Crippen LogP contribution in [0, 0.1) is 0 Å². The highest BCUT2D eigenvalue weighted by molar-refractivity contribution is 5.59. The average molecular weight is 724 g/mol. The fourth-order valence-electron chi connectivity index (χ4n) is 6.92. The molecule has 3 aromatic carbocycles. The Labute approximate surface area is 324 Å². The molecule has 0 N–H and O–H groups in total. The number of hydrogen-bond donors (Lipinski definition) is 0. The van der Waals surface area contributed by atoms with Gasteiger partial charge in [0, 0.05) is 24.8 Å². The molecule has 0 aliphatic rings. The maximum atomic E-state index is 5.58. The van der Waals surface area contributed by atoms with Gasteiger partial charge in [0.05, 0.1) is 24.2 Å². The summed E-state index contributed by atoms with van der Waals surface area (Å²) in [4.78, 5) is 2.61. The molecule has 0 aliphatic carbocycles. The number of hydrogen-bond acceptors (Lipinski definition) is 6. The van der Waals surface area contributed by atoms with E-state index in [4.69, 9.17) is 4.74 Å². The molecule has 3 rings (SSSR count). The minimum absolute atomic E-state index is 0.614. The van der Waals surface area contributed by atoms with Crippen LogP contribution < -0.4 is 9.64 Å². The summed E-state index contributed by atoms with van der Waals surface area (Å²) in [6, 6.07) is 23.9. The fourth-order valence-corrected chi connectivity index (χ4v) is 6.92. The SMILES string of the molecule is CCCCCCCCCCCCCCN(CCCCCCCCCCCCCC)c1ccc(N=Nc2ccc(N=Nc3ccccc3)c(OC)c2)cc1. The van der Waals surface area contributed by atoms with E-state index in [2.05, 4.69) is 63.5 Å². The lowest BCUT2D eigenvalue weighted by molar-refractivity contribution is 0.416. The van der Waals surface area contributed by atoms with Gasteiger partial charge in [-0.25, -0.2) is 0 Å². The average Bonchev–Trinajstić information content (AvgIpc) is 3.20. The molecule has 0 bridgehead atoms. The number of ether oxygens (including phenoxy) is 1. The molecule has 0 aromatic heterocycles. The first-order valence-electron chi connectivity index (χ1n) is 21.6. The van der Waals surface area contributed by atoms with Gasteiger partial charge in [-0.15, -0.1) is 5.11 Å². The number of methoxy groups -OCH3 is 1. The van der Waals surface area contributed by atoms with Crippen LogP contribution in [-0.2, 0) is 0 Å². The molecule has 0 spiro atoms. The van der Waals surface area contributed by atoms with Gasteiger partial charge in [-0.1, -0.05) is 173 Å². The molecule has 53 heavy (non-hydrogen) atoms. The number of azo groups is 2. The minimum Gasteiger partial charge on any atom is -0.494 e. The number of anilines is 1. The van der Waals surface area contributed by atoms with Crippen molar-refractivity contribution in [1.29, 1.82) is 0 Å². The fraction of sp³-hybridized carbons (Fsp3) is 0.617. The highest BCUT2D eigenvalue weighted by Crippen LogP contribution is 2.34. The van der Waals surface area contributed by atoms with Crippen LogP contribution in [-0.4, -0.2) is 20.2 Å². The summed E-state index contributed by atoms with van der Waals surface area (Å²) in [5, 5.41) is 17.7. The molecular weight excluding hydrogens is 651 g/mol. The van der Waals surface area contributed by atoms with Crippen LogP contribution in [0.4, 0.5) is 28.4 Å². The molecule has 0 saturated heterocycles. The number of nitrogens with zero attached hydrogens (tertiary/aromatic N) is 5. The second kappa shape index (κ2) is 29.9. The Balaban J connectivity index is 1.46. The van der Waals surface area contributed by atoms with Gasteiger partial charge in [-0.2, -0.15) is 15.3 Å². The summed E-state index contributed by atoms with van der Waals surface area (Å²) in [5.74, 6) is 0.614. The first-order valence-corrected chi connectivity index (χ1v) is 21.6. The molecule has 6 nitrogen and oxygen atoms in total. The van der Waals surface area contributed by atoms with Crippen molar-refractivity contribution in [1.82, 2.24) is 0 Å². The molecule has 292 valence electrons. The molecule has 0 unspecified atom stereocenters. The van der Waals surface area contributed by atoms with Crippen LogP contribution in [0.3, 0.4) is 0 Å². The van der Waals surface area contributed by atoms with Crippen molar-refractivity contribution in [3.05, 3.63) is 72.8 Å². The molecule has 0 heterocycles. The van der Waals surface area contributed by atoms with Crippen molar-refractivity contribution in [3.8, 4) is 5.75 Å². The first-order chi connectivity index (χ1) is 26.2. The summed E-state index contributed by atoms with van der Waals surface area (Å²) >= 11 is 0. The summed E-state index contributed by atoms with van der Waals surface area (Å²) in [6.45, 7) is 6.85. The van der Waals surface area contributed by atoms with Gasteiger partial charge >= 0.3 is 0 Å². The molecule has 0 radical (unpaired) electrons. The summed E-state index contributed by atoms with van der Waals surface area (Å²) in [5.41, 5.74) is 4.30. The van der Waals surface area contributed by atoms with Crippen molar-refractivity contribution in [2.45, 2.75) is 168 Å². The Morgan fingerprint density at radius 1 is 0.415 bits per heavy atom. The van der Waals surface area contributed by atoms with E-state index >= 15 is 0 Å². The highest BCUT2D eigenvalue weighted by Gasteiger charge is 2.08. The lowest BCUT2D eigenvalue weighted by atomic mass is 10.0. The zero-order valence-corrected chi connectivity index (χ0v) is 34.0. The van der Waals surface area contributed by atoms with Crippen molar-refractivity contribution in [3.63, 3.8) is 0 Å². The number of unbranched alkanes of at least 4 members (excludes halogenated alkanes) is 22. The summed E-state index contributed by atoms with van der Waals surface area (Å²) < 4.78 is 5.58. The Hall–Kier alpha value is -3.54. The van der Waals surface area contributed by atoms with Gasteiger partial charge in [-0.3, -0.25) is 0 Å². The van der Waals surface area contributed by atoms with Gasteiger partial charge in [0.15, 0.2) is 0 Å². The van der Waals surface area contributed by atoms with E-state index in [1.54, 1.807) is 7.11 Å². The van der Waals surface area contributed by atoms with Gasteiger partial charge in [0.2, 0.25) is 0 Å². The van der Waals surface area contributed by atoms with E-state index in [1.807, 2.05) is 48.5 Å². The number of rotatable bonds is 32. The zero-order valence-electron chi connectivity index (χ0n) is 34.0. The van der Waals surface area contributed by atoms with Crippen LogP contribution in [0.2, 0.25) is 0 Å². The highest BCUT2D eigenvalue weighted by atomic mass is 16.5. The Morgan fingerprint density at radius 2 is 0.811 bits per heavy atom. The lowest BCUT2D eigenvalue weighted by Gasteiger charge is -2.25. The van der Waals surface area contributed by atoms with Gasteiger partial charge in [-0.05, 0) is 61.4 Å². The third-order valence-electron chi connectivity index (χ3n) is 10.3. The predicted molar refractivity (Wildman–Crippen MR) is 229 cm³/mol. The van der Waals surface area contributed by atoms with E-state index in [0.29, 0.717) is 17.1 Å². The van der Waals surface area contributed by atoms with Gasteiger partial charge in [0.1, 0.15) is 11.4 Å². The molecule has 0 saturated carbocycles. The van der Waals surface area contributed by atoms with E-state index < -0.39 is 0 Å². The monoisotopic (exact) mass is 724 g/mol. The van der Waals surface area contributed by atoms with Crippen LogP contribution >= 0.6 is 0 Å². The molecule has 0 fully saturated rings. The lowest BCUT2D eigenvalue weighted by Crippen LogP contribution is -2.25. The van der Waals surface area contributed by atoms with Crippen LogP contribution in [0.25, 0.3) is 0 Å². The van der Waals surface area contributed by atoms with Gasteiger partial charge in [0.25, 0.3) is 0 Å². The second-order valence-electron chi connectivity index (χ2n) is 14.9. The van der Waals surface area contributed by atoms with Crippen molar-refractivity contribution < 1.29 is 4.74 Å². The zero-order chi connectivity index (χ0) is 37.4. The van der Waals surface area contributed by atoms with Crippen LogP contribution in [0.5, 0.6) is 5.75 Å². The van der Waals surface area contributed by atoms with E-state index in [-0.39, 0.29) is 0 Å². The molecule has 0 amide bonds. The summed E-state index contributed by atoms with van der Waals surface area (Å²) in [6.07, 6.45) is 33.2. The van der Waals surface area contributed by atoms with E-state index in [1.165, 1.54) is 160 Å². The molecular formula is C47H73N5O. The van der Waals surface area contributed by atoms with Crippen LogP contribution in [0.15, 0.2) is 93.3 Å². The normalized spacial score (nSPS) is 11.6. The third kappa shape index (κ3) is 20.5. The van der Waals surface area contributed by atoms with E-state index in [9.17, 15) is 0 Å². The minimum atomic E-state index is 0.614. The Bertz CT molecular complexity index is 1330. The smallest absolute Gasteiger partial charge is 0.148 e. The van der Waals surface area contributed by atoms with Crippen molar-refractivity contribution in [2.24, 2.45) is 20.5 Å². The van der Waals surface area contributed by atoms with Crippen LogP contribution in [0.1, 0.15) is 168 Å². The molecule has 3 aromatic rings. The second-order valence-corrected chi connectivity index (χ2v) is 14.9.